The number of non-ortho nitro benzene ring substituents is 1. The van der Waals surface area contributed by atoms with Gasteiger partial charge in [0.05, 0.1) is 11.5 Å². The molecule has 134 valence electrons. The van der Waals surface area contributed by atoms with Crippen LogP contribution in [0.5, 0.6) is 0 Å². The SMILES string of the molecule is O=C(NCC(=O)N1CCC[C@@H]1C(=O)O)NCc1ccc([N+](=O)[O-])cc1. The lowest BCUT2D eigenvalue weighted by Gasteiger charge is -2.21. The molecule has 0 saturated carbocycles. The van der Waals surface area contributed by atoms with Crippen LogP contribution in [0, 0.1) is 10.1 Å². The summed E-state index contributed by atoms with van der Waals surface area (Å²) in [7, 11) is 0. The van der Waals surface area contributed by atoms with Crippen molar-refractivity contribution in [2.24, 2.45) is 0 Å². The third kappa shape index (κ3) is 4.90. The van der Waals surface area contributed by atoms with Gasteiger partial charge in [0, 0.05) is 25.2 Å². The predicted octanol–water partition coefficient (Wildman–Crippen LogP) is 0.470. The molecule has 0 spiro atoms. The number of nitrogens with one attached hydrogen (secondary N) is 2. The number of nitro benzene ring substituents is 1. The molecular weight excluding hydrogens is 332 g/mol. The minimum Gasteiger partial charge on any atom is -0.480 e. The number of aliphatic carboxylic acids is 1. The van der Waals surface area contributed by atoms with E-state index in [1.54, 1.807) is 0 Å². The molecule has 1 aliphatic rings. The molecule has 25 heavy (non-hydrogen) atoms. The second-order valence-corrected chi connectivity index (χ2v) is 5.54. The summed E-state index contributed by atoms with van der Waals surface area (Å²) >= 11 is 0. The third-order valence-corrected chi connectivity index (χ3v) is 3.86. The average molecular weight is 350 g/mol. The van der Waals surface area contributed by atoms with E-state index in [2.05, 4.69) is 10.6 Å². The van der Waals surface area contributed by atoms with Gasteiger partial charge in [0.1, 0.15) is 6.04 Å². The molecule has 0 bridgehead atoms. The summed E-state index contributed by atoms with van der Waals surface area (Å²) in [6.07, 6.45) is 1.03. The molecule has 1 aliphatic heterocycles. The summed E-state index contributed by atoms with van der Waals surface area (Å²) in [6.45, 7) is 0.206. The predicted molar refractivity (Wildman–Crippen MR) is 85.7 cm³/mol. The molecule has 0 unspecified atom stereocenters. The van der Waals surface area contributed by atoms with Crippen LogP contribution in [0.1, 0.15) is 18.4 Å². The number of nitrogens with zero attached hydrogens (tertiary/aromatic N) is 2. The Hall–Kier alpha value is -3.17. The third-order valence-electron chi connectivity index (χ3n) is 3.86. The minimum atomic E-state index is -1.05. The van der Waals surface area contributed by atoms with Crippen LogP contribution in [0.15, 0.2) is 24.3 Å². The van der Waals surface area contributed by atoms with Crippen LogP contribution in [0.25, 0.3) is 0 Å². The van der Waals surface area contributed by atoms with Gasteiger partial charge < -0.3 is 20.6 Å². The van der Waals surface area contributed by atoms with Crippen LogP contribution in [-0.4, -0.2) is 52.0 Å². The van der Waals surface area contributed by atoms with Gasteiger partial charge in [-0.05, 0) is 18.4 Å². The van der Waals surface area contributed by atoms with Gasteiger partial charge in [0.25, 0.3) is 5.69 Å². The Balaban J connectivity index is 1.76. The molecule has 0 aliphatic carbocycles. The highest BCUT2D eigenvalue weighted by atomic mass is 16.6. The van der Waals surface area contributed by atoms with E-state index in [9.17, 15) is 24.5 Å². The van der Waals surface area contributed by atoms with Gasteiger partial charge in [0.2, 0.25) is 5.91 Å². The molecule has 0 aromatic heterocycles. The van der Waals surface area contributed by atoms with Crippen molar-refractivity contribution in [3.05, 3.63) is 39.9 Å². The number of hydrogen-bond donors (Lipinski definition) is 3. The highest BCUT2D eigenvalue weighted by molar-refractivity contribution is 5.88. The van der Waals surface area contributed by atoms with Crippen molar-refractivity contribution >= 4 is 23.6 Å². The van der Waals surface area contributed by atoms with Crippen LogP contribution >= 0.6 is 0 Å². The lowest BCUT2D eigenvalue weighted by atomic mass is 10.2. The molecule has 1 aromatic rings. The van der Waals surface area contributed by atoms with Crippen molar-refractivity contribution in [3.63, 3.8) is 0 Å². The molecule has 0 radical (unpaired) electrons. The first-order valence-electron chi connectivity index (χ1n) is 7.66. The first-order valence-corrected chi connectivity index (χ1v) is 7.66. The molecule has 1 fully saturated rings. The Bertz CT molecular complexity index is 675. The van der Waals surface area contributed by atoms with Crippen LogP contribution in [-0.2, 0) is 16.1 Å². The normalized spacial score (nSPS) is 16.3. The van der Waals surface area contributed by atoms with Gasteiger partial charge in [-0.1, -0.05) is 12.1 Å². The van der Waals surface area contributed by atoms with E-state index >= 15 is 0 Å². The maximum atomic E-state index is 12.0. The average Bonchev–Trinajstić information content (AvgIpc) is 3.08. The van der Waals surface area contributed by atoms with Crippen LogP contribution < -0.4 is 10.6 Å². The van der Waals surface area contributed by atoms with Crippen molar-refractivity contribution in [1.29, 1.82) is 0 Å². The second-order valence-electron chi connectivity index (χ2n) is 5.54. The molecule has 1 aromatic carbocycles. The molecule has 3 amide bonds. The van der Waals surface area contributed by atoms with Crippen molar-refractivity contribution in [2.75, 3.05) is 13.1 Å². The van der Waals surface area contributed by atoms with Crippen LogP contribution in [0.2, 0.25) is 0 Å². The number of carboxylic acid groups (broad SMARTS) is 1. The molecule has 1 heterocycles. The summed E-state index contributed by atoms with van der Waals surface area (Å²) < 4.78 is 0. The monoisotopic (exact) mass is 350 g/mol. The van der Waals surface area contributed by atoms with E-state index in [0.29, 0.717) is 24.9 Å². The number of urea groups is 1. The van der Waals surface area contributed by atoms with E-state index < -0.39 is 28.9 Å². The number of amides is 3. The first kappa shape index (κ1) is 18.2. The number of rotatable bonds is 6. The molecule has 10 heteroatoms. The molecule has 3 N–H and O–H groups in total. The van der Waals surface area contributed by atoms with Gasteiger partial charge in [0.15, 0.2) is 0 Å². The number of carbonyl (C=O) groups excluding carboxylic acids is 2. The number of nitro groups is 1. The van der Waals surface area contributed by atoms with Crippen molar-refractivity contribution in [3.8, 4) is 0 Å². The Morgan fingerprint density at radius 1 is 1.24 bits per heavy atom. The Labute approximate surface area is 143 Å². The van der Waals surface area contributed by atoms with E-state index in [-0.39, 0.29) is 18.8 Å². The van der Waals surface area contributed by atoms with Gasteiger partial charge in [-0.3, -0.25) is 14.9 Å². The Morgan fingerprint density at radius 3 is 2.52 bits per heavy atom. The minimum absolute atomic E-state index is 0.0441. The fourth-order valence-corrected chi connectivity index (χ4v) is 2.56. The summed E-state index contributed by atoms with van der Waals surface area (Å²) in [5.41, 5.74) is 0.620. The zero-order valence-corrected chi connectivity index (χ0v) is 13.3. The summed E-state index contributed by atoms with van der Waals surface area (Å²) in [5, 5.41) is 24.5. The van der Waals surface area contributed by atoms with Crippen molar-refractivity contribution < 1.29 is 24.4 Å². The highest BCUT2D eigenvalue weighted by Crippen LogP contribution is 2.17. The maximum Gasteiger partial charge on any atom is 0.326 e. The summed E-state index contributed by atoms with van der Waals surface area (Å²) in [6, 6.07) is 4.28. The number of carbonyl (C=O) groups is 3. The van der Waals surface area contributed by atoms with Crippen LogP contribution in [0.3, 0.4) is 0 Å². The van der Waals surface area contributed by atoms with Gasteiger partial charge in [-0.2, -0.15) is 0 Å². The van der Waals surface area contributed by atoms with E-state index in [1.165, 1.54) is 29.2 Å². The smallest absolute Gasteiger partial charge is 0.326 e. The quantitative estimate of drug-likeness (QED) is 0.503. The number of benzene rings is 1. The summed E-state index contributed by atoms with van der Waals surface area (Å²) in [4.78, 5) is 46.0. The molecule has 10 nitrogen and oxygen atoms in total. The number of likely N-dealkylation sites (tertiary alicyclic amines) is 1. The number of hydrogen-bond acceptors (Lipinski definition) is 5. The van der Waals surface area contributed by atoms with Crippen LogP contribution in [0.4, 0.5) is 10.5 Å². The highest BCUT2D eigenvalue weighted by Gasteiger charge is 2.33. The molecule has 1 atom stereocenters. The standard InChI is InChI=1S/C15H18N4O6/c20-13(18-7-1-2-12(18)14(21)22)9-17-15(23)16-8-10-3-5-11(6-4-10)19(24)25/h3-6,12H,1-2,7-9H2,(H,21,22)(H2,16,17,23)/t12-/m1/s1. The summed E-state index contributed by atoms with van der Waals surface area (Å²) in [5.74, 6) is -1.50. The van der Waals surface area contributed by atoms with Gasteiger partial charge >= 0.3 is 12.0 Å². The lowest BCUT2D eigenvalue weighted by molar-refractivity contribution is -0.384. The zero-order chi connectivity index (χ0) is 18.4. The lowest BCUT2D eigenvalue weighted by Crippen LogP contribution is -2.47. The largest absolute Gasteiger partial charge is 0.480 e. The molecule has 1 saturated heterocycles. The van der Waals surface area contributed by atoms with E-state index in [0.717, 1.165) is 0 Å². The zero-order valence-electron chi connectivity index (χ0n) is 13.3. The fourth-order valence-electron chi connectivity index (χ4n) is 2.56. The first-order chi connectivity index (χ1) is 11.9. The fraction of sp³-hybridized carbons (Fsp3) is 0.400. The molecular formula is C15H18N4O6. The van der Waals surface area contributed by atoms with Gasteiger partial charge in [-0.15, -0.1) is 0 Å². The van der Waals surface area contributed by atoms with E-state index in [4.69, 9.17) is 5.11 Å². The number of carboxylic acids is 1. The maximum absolute atomic E-state index is 12.0. The Morgan fingerprint density at radius 2 is 1.92 bits per heavy atom. The second kappa shape index (κ2) is 8.08. The van der Waals surface area contributed by atoms with E-state index in [1.807, 2.05) is 0 Å². The Kier molecular flexibility index (Phi) is 5.88. The topological polar surface area (TPSA) is 142 Å². The van der Waals surface area contributed by atoms with Crippen molar-refractivity contribution in [2.45, 2.75) is 25.4 Å². The molecule has 2 rings (SSSR count). The van der Waals surface area contributed by atoms with Crippen molar-refractivity contribution in [1.82, 2.24) is 15.5 Å². The van der Waals surface area contributed by atoms with Gasteiger partial charge in [-0.25, -0.2) is 9.59 Å².